The molecule has 2 fully saturated rings. The van der Waals surface area contributed by atoms with Crippen LogP contribution in [0.3, 0.4) is 0 Å². The number of piperazine rings is 1. The standard InChI is InChI=1S/C20H29N3O2/c1-15(2)14-18(24)22-10-12-23(13-11-22)19(16-6-4-3-5-7-16)20(25)21-17-8-9-17/h3-7,15,17,19H,8-14H2,1-2H3,(H,21,25)/t19-/m1/s1. The molecule has 1 saturated heterocycles. The van der Waals surface area contributed by atoms with E-state index in [1.54, 1.807) is 0 Å². The largest absolute Gasteiger partial charge is 0.352 e. The monoisotopic (exact) mass is 343 g/mol. The molecule has 1 saturated carbocycles. The number of rotatable bonds is 6. The Morgan fingerprint density at radius 1 is 1.08 bits per heavy atom. The highest BCUT2D eigenvalue weighted by atomic mass is 16.2. The SMILES string of the molecule is CC(C)CC(=O)N1CCN([C@@H](C(=O)NC2CC2)c2ccccc2)CC1. The van der Waals surface area contributed by atoms with Crippen molar-refractivity contribution in [3.8, 4) is 0 Å². The van der Waals surface area contributed by atoms with E-state index in [-0.39, 0.29) is 17.9 Å². The van der Waals surface area contributed by atoms with Crippen LogP contribution in [0.15, 0.2) is 30.3 Å². The van der Waals surface area contributed by atoms with E-state index in [9.17, 15) is 9.59 Å². The van der Waals surface area contributed by atoms with Gasteiger partial charge >= 0.3 is 0 Å². The van der Waals surface area contributed by atoms with Gasteiger partial charge < -0.3 is 10.2 Å². The van der Waals surface area contributed by atoms with Gasteiger partial charge in [0.1, 0.15) is 6.04 Å². The van der Waals surface area contributed by atoms with Crippen LogP contribution in [0.25, 0.3) is 0 Å². The van der Waals surface area contributed by atoms with Crippen LogP contribution >= 0.6 is 0 Å². The van der Waals surface area contributed by atoms with Crippen molar-refractivity contribution < 1.29 is 9.59 Å². The highest BCUT2D eigenvalue weighted by Crippen LogP contribution is 2.26. The molecule has 0 spiro atoms. The molecule has 0 unspecified atom stereocenters. The summed E-state index contributed by atoms with van der Waals surface area (Å²) in [5.74, 6) is 0.705. The topological polar surface area (TPSA) is 52.7 Å². The zero-order valence-electron chi connectivity index (χ0n) is 15.3. The third-order valence-electron chi connectivity index (χ3n) is 4.90. The van der Waals surface area contributed by atoms with Crippen LogP contribution < -0.4 is 5.32 Å². The van der Waals surface area contributed by atoms with E-state index < -0.39 is 0 Å². The third kappa shape index (κ3) is 4.82. The van der Waals surface area contributed by atoms with Gasteiger partial charge in [0.05, 0.1) is 0 Å². The van der Waals surface area contributed by atoms with Crippen LogP contribution in [0.4, 0.5) is 0 Å². The van der Waals surface area contributed by atoms with Gasteiger partial charge in [-0.05, 0) is 24.3 Å². The predicted molar refractivity (Wildman–Crippen MR) is 98.0 cm³/mol. The third-order valence-corrected chi connectivity index (χ3v) is 4.90. The van der Waals surface area contributed by atoms with E-state index in [1.807, 2.05) is 35.2 Å². The molecule has 1 atom stereocenters. The maximum atomic E-state index is 12.8. The molecule has 2 amide bonds. The fourth-order valence-corrected chi connectivity index (χ4v) is 3.38. The second-order valence-electron chi connectivity index (χ2n) is 7.61. The summed E-state index contributed by atoms with van der Waals surface area (Å²) < 4.78 is 0. The van der Waals surface area contributed by atoms with Crippen LogP contribution in [-0.2, 0) is 9.59 Å². The molecule has 2 aliphatic rings. The molecule has 1 aromatic carbocycles. The van der Waals surface area contributed by atoms with Gasteiger partial charge in [-0.2, -0.15) is 0 Å². The summed E-state index contributed by atoms with van der Waals surface area (Å²) >= 11 is 0. The minimum atomic E-state index is -0.260. The fourth-order valence-electron chi connectivity index (χ4n) is 3.38. The Bertz CT molecular complexity index is 590. The number of amides is 2. The van der Waals surface area contributed by atoms with Crippen LogP contribution in [0, 0.1) is 5.92 Å². The first-order valence-electron chi connectivity index (χ1n) is 9.41. The quantitative estimate of drug-likeness (QED) is 0.861. The molecule has 0 bridgehead atoms. The number of carbonyl (C=O) groups is 2. The average Bonchev–Trinajstić information content (AvgIpc) is 3.40. The summed E-state index contributed by atoms with van der Waals surface area (Å²) in [4.78, 5) is 29.2. The van der Waals surface area contributed by atoms with E-state index in [0.717, 1.165) is 31.5 Å². The van der Waals surface area contributed by atoms with E-state index in [0.29, 0.717) is 31.5 Å². The number of benzene rings is 1. The lowest BCUT2D eigenvalue weighted by molar-refractivity contribution is -0.135. The molecular formula is C20H29N3O2. The fraction of sp³-hybridized carbons (Fsp3) is 0.600. The first kappa shape index (κ1) is 17.9. The van der Waals surface area contributed by atoms with Crippen LogP contribution in [0.2, 0.25) is 0 Å². The minimum absolute atomic E-state index is 0.0932. The molecule has 25 heavy (non-hydrogen) atoms. The molecular weight excluding hydrogens is 314 g/mol. The summed E-state index contributed by atoms with van der Waals surface area (Å²) in [7, 11) is 0. The highest BCUT2D eigenvalue weighted by Gasteiger charge is 2.34. The second-order valence-corrected chi connectivity index (χ2v) is 7.61. The van der Waals surface area contributed by atoms with Crippen LogP contribution in [-0.4, -0.2) is 53.8 Å². The van der Waals surface area contributed by atoms with Crippen molar-refractivity contribution in [1.29, 1.82) is 0 Å². The van der Waals surface area contributed by atoms with Crippen molar-refractivity contribution in [2.45, 2.75) is 45.2 Å². The molecule has 0 aromatic heterocycles. The summed E-state index contributed by atoms with van der Waals surface area (Å²) in [5.41, 5.74) is 1.03. The lowest BCUT2D eigenvalue weighted by Gasteiger charge is -2.39. The first-order valence-corrected chi connectivity index (χ1v) is 9.41. The van der Waals surface area contributed by atoms with Gasteiger partial charge in [-0.15, -0.1) is 0 Å². The number of hydrogen-bond donors (Lipinski definition) is 1. The number of nitrogens with one attached hydrogen (secondary N) is 1. The smallest absolute Gasteiger partial charge is 0.242 e. The van der Waals surface area contributed by atoms with Gasteiger partial charge in [0, 0.05) is 38.6 Å². The van der Waals surface area contributed by atoms with Crippen molar-refractivity contribution in [3.63, 3.8) is 0 Å². The molecule has 5 heteroatoms. The maximum absolute atomic E-state index is 12.8. The summed E-state index contributed by atoms with van der Waals surface area (Å²) in [6.45, 7) is 7.02. The average molecular weight is 343 g/mol. The van der Waals surface area contributed by atoms with E-state index in [4.69, 9.17) is 0 Å². The maximum Gasteiger partial charge on any atom is 0.242 e. The summed E-state index contributed by atoms with van der Waals surface area (Å²) in [5, 5.41) is 3.15. The Hall–Kier alpha value is -1.88. The van der Waals surface area contributed by atoms with E-state index >= 15 is 0 Å². The second kappa shape index (κ2) is 8.00. The highest BCUT2D eigenvalue weighted by molar-refractivity contribution is 5.84. The first-order chi connectivity index (χ1) is 12.0. The van der Waals surface area contributed by atoms with Crippen molar-refractivity contribution in [3.05, 3.63) is 35.9 Å². The van der Waals surface area contributed by atoms with Gasteiger partial charge in [-0.1, -0.05) is 44.2 Å². The number of carbonyl (C=O) groups excluding carboxylic acids is 2. The Kier molecular flexibility index (Phi) is 5.74. The van der Waals surface area contributed by atoms with Crippen LogP contribution in [0.5, 0.6) is 0 Å². The van der Waals surface area contributed by atoms with Gasteiger partial charge in [-0.3, -0.25) is 14.5 Å². The predicted octanol–water partition coefficient (Wildman–Crippen LogP) is 2.20. The van der Waals surface area contributed by atoms with Crippen molar-refractivity contribution in [1.82, 2.24) is 15.1 Å². The normalized spacial score (nSPS) is 19.7. The van der Waals surface area contributed by atoms with E-state index in [1.165, 1.54) is 0 Å². The van der Waals surface area contributed by atoms with Crippen molar-refractivity contribution in [2.75, 3.05) is 26.2 Å². The van der Waals surface area contributed by atoms with Gasteiger partial charge in [0.2, 0.25) is 11.8 Å². The molecule has 1 N–H and O–H groups in total. The molecule has 1 aromatic rings. The van der Waals surface area contributed by atoms with Crippen molar-refractivity contribution in [2.24, 2.45) is 5.92 Å². The van der Waals surface area contributed by atoms with Gasteiger partial charge in [-0.25, -0.2) is 0 Å². The zero-order chi connectivity index (χ0) is 17.8. The zero-order valence-corrected chi connectivity index (χ0v) is 15.3. The Morgan fingerprint density at radius 3 is 2.28 bits per heavy atom. The Morgan fingerprint density at radius 2 is 1.72 bits per heavy atom. The Balaban J connectivity index is 1.66. The minimum Gasteiger partial charge on any atom is -0.352 e. The molecule has 136 valence electrons. The lowest BCUT2D eigenvalue weighted by atomic mass is 10.0. The molecule has 1 aliphatic heterocycles. The summed E-state index contributed by atoms with van der Waals surface area (Å²) in [6.07, 6.45) is 2.78. The molecule has 1 aliphatic carbocycles. The molecule has 3 rings (SSSR count). The van der Waals surface area contributed by atoms with Crippen molar-refractivity contribution >= 4 is 11.8 Å². The summed E-state index contributed by atoms with van der Waals surface area (Å²) in [6, 6.07) is 10.1. The number of hydrogen-bond acceptors (Lipinski definition) is 3. The van der Waals surface area contributed by atoms with Gasteiger partial charge in [0.25, 0.3) is 0 Å². The molecule has 5 nitrogen and oxygen atoms in total. The Labute approximate surface area is 150 Å². The number of nitrogens with zero attached hydrogens (tertiary/aromatic N) is 2. The molecule has 1 heterocycles. The van der Waals surface area contributed by atoms with E-state index in [2.05, 4.69) is 24.1 Å². The lowest BCUT2D eigenvalue weighted by Crippen LogP contribution is -2.52. The van der Waals surface area contributed by atoms with Crippen LogP contribution in [0.1, 0.15) is 44.7 Å². The van der Waals surface area contributed by atoms with Gasteiger partial charge in [0.15, 0.2) is 0 Å². The molecule has 0 radical (unpaired) electrons.